The van der Waals surface area contributed by atoms with E-state index in [4.69, 9.17) is 15.5 Å². The lowest BCUT2D eigenvalue weighted by atomic mass is 9.97. The summed E-state index contributed by atoms with van der Waals surface area (Å²) >= 11 is 0. The molecule has 0 spiro atoms. The number of carbonyl (C=O) groups excluding carboxylic acids is 1. The predicted molar refractivity (Wildman–Crippen MR) is 137 cm³/mol. The smallest absolute Gasteiger partial charge is 0.251 e. The molecule has 1 saturated heterocycles. The zero-order valence-corrected chi connectivity index (χ0v) is 20.0. The molecule has 4 N–H and O–H groups in total. The van der Waals surface area contributed by atoms with E-state index in [1.165, 1.54) is 0 Å². The fourth-order valence-electron chi connectivity index (χ4n) is 4.60. The third kappa shape index (κ3) is 4.70. The number of hydrogen-bond acceptors (Lipinski definition) is 6. The SMILES string of the molecule is COc1ccc([C@@H](C)NC(=O)c2cccc(-c3cnc(N)c4nc(C5CCCNC5)cn34)c2)cc1. The average Bonchev–Trinajstić information content (AvgIpc) is 3.36. The third-order valence-electron chi connectivity index (χ3n) is 6.64. The third-order valence-corrected chi connectivity index (χ3v) is 6.64. The molecule has 2 aromatic heterocycles. The van der Waals surface area contributed by atoms with Crippen LogP contribution in [0.5, 0.6) is 5.75 Å². The van der Waals surface area contributed by atoms with Crippen molar-refractivity contribution in [1.29, 1.82) is 0 Å². The lowest BCUT2D eigenvalue weighted by Gasteiger charge is -2.20. The number of nitrogen functional groups attached to an aromatic ring is 1. The topological polar surface area (TPSA) is 107 Å². The van der Waals surface area contributed by atoms with Gasteiger partial charge in [-0.2, -0.15) is 0 Å². The minimum absolute atomic E-state index is 0.144. The van der Waals surface area contributed by atoms with Gasteiger partial charge in [-0.1, -0.05) is 24.3 Å². The summed E-state index contributed by atoms with van der Waals surface area (Å²) in [4.78, 5) is 22.3. The van der Waals surface area contributed by atoms with Crippen LogP contribution in [0.4, 0.5) is 5.82 Å². The molecule has 1 aliphatic heterocycles. The standard InChI is InChI=1S/C27H30N6O2/c1-17(18-8-10-22(35-2)11-9-18)31-27(34)20-6-3-5-19(13-20)24-15-30-25(28)26-32-23(16-33(24)26)21-7-4-12-29-14-21/h3,5-6,8-11,13,15-17,21,29H,4,7,12,14H2,1-2H3,(H2,28,30)(H,31,34)/t17-,21?/m1/s1. The van der Waals surface area contributed by atoms with Gasteiger partial charge in [0.2, 0.25) is 0 Å². The number of fused-ring (bicyclic) bond motifs is 1. The maximum Gasteiger partial charge on any atom is 0.251 e. The first-order valence-corrected chi connectivity index (χ1v) is 11.9. The molecule has 0 saturated carbocycles. The van der Waals surface area contributed by atoms with Crippen molar-refractivity contribution in [2.45, 2.75) is 31.7 Å². The van der Waals surface area contributed by atoms with Crippen molar-refractivity contribution in [3.05, 3.63) is 77.7 Å². The second kappa shape index (κ2) is 9.76. The lowest BCUT2D eigenvalue weighted by molar-refractivity contribution is 0.0940. The lowest BCUT2D eigenvalue weighted by Crippen LogP contribution is -2.28. The van der Waals surface area contributed by atoms with Crippen LogP contribution in [0.2, 0.25) is 0 Å². The van der Waals surface area contributed by atoms with E-state index in [0.717, 1.165) is 54.2 Å². The quantitative estimate of drug-likeness (QED) is 0.394. The summed E-state index contributed by atoms with van der Waals surface area (Å²) in [5, 5.41) is 6.53. The number of methoxy groups -OCH3 is 1. The number of hydrogen-bond donors (Lipinski definition) is 3. The summed E-state index contributed by atoms with van der Waals surface area (Å²) in [6, 6.07) is 15.1. The van der Waals surface area contributed by atoms with Gasteiger partial charge in [0.25, 0.3) is 5.91 Å². The van der Waals surface area contributed by atoms with Gasteiger partial charge < -0.3 is 21.1 Å². The van der Waals surface area contributed by atoms with Crippen LogP contribution < -0.4 is 21.1 Å². The Morgan fingerprint density at radius 2 is 2.09 bits per heavy atom. The minimum atomic E-state index is -0.151. The van der Waals surface area contributed by atoms with E-state index >= 15 is 0 Å². The molecule has 1 fully saturated rings. The van der Waals surface area contributed by atoms with Crippen LogP contribution in [0.1, 0.15) is 53.3 Å². The van der Waals surface area contributed by atoms with Crippen LogP contribution >= 0.6 is 0 Å². The highest BCUT2D eigenvalue weighted by molar-refractivity contribution is 5.95. The van der Waals surface area contributed by atoms with E-state index in [0.29, 0.717) is 22.9 Å². The molecule has 4 aromatic rings. The summed E-state index contributed by atoms with van der Waals surface area (Å²) in [5.74, 6) is 1.39. The summed E-state index contributed by atoms with van der Waals surface area (Å²) in [6.07, 6.45) is 6.02. The fraction of sp³-hybridized carbons (Fsp3) is 0.296. The number of nitrogens with one attached hydrogen (secondary N) is 2. The van der Waals surface area contributed by atoms with Gasteiger partial charge in [0.05, 0.1) is 30.7 Å². The number of carbonyl (C=O) groups is 1. The van der Waals surface area contributed by atoms with E-state index in [9.17, 15) is 4.79 Å². The summed E-state index contributed by atoms with van der Waals surface area (Å²) < 4.78 is 7.21. The number of aromatic nitrogens is 3. The Kier molecular flexibility index (Phi) is 6.37. The van der Waals surface area contributed by atoms with E-state index in [1.54, 1.807) is 13.3 Å². The molecule has 1 aliphatic rings. The second-order valence-corrected chi connectivity index (χ2v) is 8.98. The Morgan fingerprint density at radius 3 is 2.83 bits per heavy atom. The van der Waals surface area contributed by atoms with E-state index in [2.05, 4.69) is 21.8 Å². The molecular weight excluding hydrogens is 440 g/mol. The largest absolute Gasteiger partial charge is 0.497 e. The number of piperidine rings is 1. The molecule has 2 atom stereocenters. The molecule has 8 heteroatoms. The Bertz CT molecular complexity index is 1340. The Balaban J connectivity index is 1.41. The van der Waals surface area contributed by atoms with Crippen LogP contribution in [0.3, 0.4) is 0 Å². The fourth-order valence-corrected chi connectivity index (χ4v) is 4.60. The van der Waals surface area contributed by atoms with Gasteiger partial charge in [0.15, 0.2) is 11.5 Å². The number of rotatable bonds is 6. The maximum atomic E-state index is 13.1. The van der Waals surface area contributed by atoms with Crippen molar-refractivity contribution >= 4 is 17.4 Å². The molecule has 8 nitrogen and oxygen atoms in total. The van der Waals surface area contributed by atoms with Gasteiger partial charge in [-0.15, -0.1) is 0 Å². The summed E-state index contributed by atoms with van der Waals surface area (Å²) in [6.45, 7) is 3.92. The molecule has 0 radical (unpaired) electrons. The molecular formula is C27H30N6O2. The second-order valence-electron chi connectivity index (χ2n) is 8.98. The zero-order valence-electron chi connectivity index (χ0n) is 20.0. The normalized spacial score (nSPS) is 16.7. The van der Waals surface area contributed by atoms with Gasteiger partial charge in [0.1, 0.15) is 5.75 Å². The van der Waals surface area contributed by atoms with Crippen LogP contribution in [-0.2, 0) is 0 Å². The van der Waals surface area contributed by atoms with E-state index < -0.39 is 0 Å². The highest BCUT2D eigenvalue weighted by atomic mass is 16.5. The molecule has 2 aromatic carbocycles. The molecule has 5 rings (SSSR count). The molecule has 180 valence electrons. The number of anilines is 1. The Hall–Kier alpha value is -3.91. The van der Waals surface area contributed by atoms with Crippen molar-refractivity contribution < 1.29 is 9.53 Å². The molecule has 1 unspecified atom stereocenters. The van der Waals surface area contributed by atoms with Gasteiger partial charge in [-0.05, 0) is 56.1 Å². The number of ether oxygens (including phenoxy) is 1. The van der Waals surface area contributed by atoms with Crippen LogP contribution in [0, 0.1) is 0 Å². The molecule has 0 bridgehead atoms. The highest BCUT2D eigenvalue weighted by Crippen LogP contribution is 2.28. The van der Waals surface area contributed by atoms with E-state index in [-0.39, 0.29) is 11.9 Å². The van der Waals surface area contributed by atoms with Gasteiger partial charge >= 0.3 is 0 Å². The zero-order chi connectivity index (χ0) is 24.4. The van der Waals surface area contributed by atoms with Crippen LogP contribution in [-0.4, -0.2) is 40.5 Å². The Labute approximate surface area is 204 Å². The number of benzene rings is 2. The number of amides is 1. The highest BCUT2D eigenvalue weighted by Gasteiger charge is 2.21. The van der Waals surface area contributed by atoms with Gasteiger partial charge in [0, 0.05) is 29.8 Å². The van der Waals surface area contributed by atoms with E-state index in [1.807, 2.05) is 59.9 Å². The number of nitrogens with two attached hydrogens (primary N) is 1. The molecule has 3 heterocycles. The van der Waals surface area contributed by atoms with Crippen molar-refractivity contribution in [3.63, 3.8) is 0 Å². The first kappa shape index (κ1) is 22.9. The maximum absolute atomic E-state index is 13.1. The van der Waals surface area contributed by atoms with Crippen molar-refractivity contribution in [2.24, 2.45) is 0 Å². The van der Waals surface area contributed by atoms with Crippen LogP contribution in [0.25, 0.3) is 16.9 Å². The Morgan fingerprint density at radius 1 is 1.26 bits per heavy atom. The average molecular weight is 471 g/mol. The molecule has 1 amide bonds. The van der Waals surface area contributed by atoms with Gasteiger partial charge in [-0.3, -0.25) is 9.20 Å². The number of imidazole rings is 1. The summed E-state index contributed by atoms with van der Waals surface area (Å²) in [7, 11) is 1.63. The predicted octanol–water partition coefficient (Wildman–Crippen LogP) is 3.95. The number of nitrogens with zero attached hydrogens (tertiary/aromatic N) is 3. The van der Waals surface area contributed by atoms with Crippen LogP contribution in [0.15, 0.2) is 60.9 Å². The summed E-state index contributed by atoms with van der Waals surface area (Å²) in [5.41, 5.74) is 11.1. The monoisotopic (exact) mass is 470 g/mol. The van der Waals surface area contributed by atoms with Gasteiger partial charge in [-0.25, -0.2) is 9.97 Å². The first-order chi connectivity index (χ1) is 17.0. The minimum Gasteiger partial charge on any atom is -0.497 e. The van der Waals surface area contributed by atoms with Crippen molar-refractivity contribution in [2.75, 3.05) is 25.9 Å². The van der Waals surface area contributed by atoms with Crippen molar-refractivity contribution in [1.82, 2.24) is 25.0 Å². The first-order valence-electron chi connectivity index (χ1n) is 11.9. The molecule has 0 aliphatic carbocycles. The molecule has 35 heavy (non-hydrogen) atoms. The van der Waals surface area contributed by atoms with Crippen molar-refractivity contribution in [3.8, 4) is 17.0 Å².